The molecule has 0 unspecified atom stereocenters. The van der Waals surface area contributed by atoms with Crippen molar-refractivity contribution in [3.63, 3.8) is 0 Å². The van der Waals surface area contributed by atoms with Crippen molar-refractivity contribution >= 4 is 96.9 Å². The lowest BCUT2D eigenvalue weighted by Crippen LogP contribution is -2.17. The zero-order chi connectivity index (χ0) is 36.3. The van der Waals surface area contributed by atoms with E-state index in [1.165, 1.54) is 98.1 Å². The van der Waals surface area contributed by atoms with E-state index in [1.54, 1.807) is 31.5 Å². The van der Waals surface area contributed by atoms with Gasteiger partial charge in [-0.15, -0.1) is 34.0 Å². The molecule has 0 saturated carbocycles. The Morgan fingerprint density at radius 3 is 1.42 bits per heavy atom. The SMILES string of the molecule is CCCCCCCCNCCCc1cc2c(nc3c4ccc5c6c(sc(c(=O)n23)c46)c(=O)n2c3cc(CCCNCCCCCCCC)sc3nc52)s1. The zero-order valence-electron chi connectivity index (χ0n) is 31.3. The number of aromatic nitrogens is 4. The Labute approximate surface area is 322 Å². The maximum absolute atomic E-state index is 14.2. The van der Waals surface area contributed by atoms with Crippen molar-refractivity contribution in [2.45, 2.75) is 117 Å². The van der Waals surface area contributed by atoms with Crippen molar-refractivity contribution in [2.75, 3.05) is 26.2 Å². The number of aryl methyl sites for hydroxylation is 2. The summed E-state index contributed by atoms with van der Waals surface area (Å²) >= 11 is 4.72. The standard InChI is InChI=1S/C42H52N6O2S3/c1-3-5-7-9-11-13-21-43-23-15-17-27-25-31-39(51-27)45-37-29-19-20-30-34-33(29)35(41(49)47(31)37)53-36(34)42(50)48-32-26-28(52-40(32)46-38(30)48)18-16-24-44-22-14-12-10-8-6-4-2/h19-20,25-26,43-44H,3-18,21-24H2,1-2H3. The molecule has 0 saturated heterocycles. The molecule has 0 atom stereocenters. The van der Waals surface area contributed by atoms with E-state index in [-0.39, 0.29) is 11.1 Å². The van der Waals surface area contributed by atoms with Gasteiger partial charge in [-0.25, -0.2) is 9.97 Å². The zero-order valence-corrected chi connectivity index (χ0v) is 33.7. The van der Waals surface area contributed by atoms with Gasteiger partial charge in [-0.1, -0.05) is 78.1 Å². The first kappa shape index (κ1) is 36.7. The van der Waals surface area contributed by atoms with E-state index >= 15 is 0 Å². The predicted molar refractivity (Wildman–Crippen MR) is 229 cm³/mol. The van der Waals surface area contributed by atoms with E-state index in [0.29, 0.717) is 20.7 Å². The van der Waals surface area contributed by atoms with Gasteiger partial charge in [0.1, 0.15) is 30.4 Å². The van der Waals surface area contributed by atoms with Gasteiger partial charge in [0.05, 0.1) is 11.0 Å². The number of nitrogens with one attached hydrogen (secondary N) is 2. The van der Waals surface area contributed by atoms with Crippen LogP contribution in [-0.4, -0.2) is 44.9 Å². The van der Waals surface area contributed by atoms with Gasteiger partial charge >= 0.3 is 0 Å². The molecular formula is C42H52N6O2S3. The highest BCUT2D eigenvalue weighted by atomic mass is 32.1. The summed E-state index contributed by atoms with van der Waals surface area (Å²) in [5.41, 5.74) is 2.95. The fourth-order valence-corrected chi connectivity index (χ4v) is 11.4. The van der Waals surface area contributed by atoms with Crippen molar-refractivity contribution in [3.05, 3.63) is 54.7 Å². The minimum atomic E-state index is -0.0845. The van der Waals surface area contributed by atoms with E-state index in [0.717, 1.165) is 94.1 Å². The van der Waals surface area contributed by atoms with Crippen molar-refractivity contribution in [2.24, 2.45) is 0 Å². The largest absolute Gasteiger partial charge is 0.317 e. The second-order valence-electron chi connectivity index (χ2n) is 14.9. The highest BCUT2D eigenvalue weighted by Crippen LogP contribution is 2.42. The van der Waals surface area contributed by atoms with E-state index in [2.05, 4.69) is 48.7 Å². The van der Waals surface area contributed by atoms with Gasteiger partial charge < -0.3 is 10.6 Å². The fraction of sp³-hybridized carbons (Fsp3) is 0.524. The first-order valence-corrected chi connectivity index (χ1v) is 22.7. The number of nitrogens with zero attached hydrogens (tertiary/aromatic N) is 4. The minimum Gasteiger partial charge on any atom is -0.317 e. The van der Waals surface area contributed by atoms with Gasteiger partial charge in [-0.3, -0.25) is 18.4 Å². The predicted octanol–water partition coefficient (Wildman–Crippen LogP) is 10.3. The summed E-state index contributed by atoms with van der Waals surface area (Å²) in [5.74, 6) is 0. The molecule has 8 aromatic rings. The van der Waals surface area contributed by atoms with Crippen molar-refractivity contribution in [1.82, 2.24) is 29.4 Å². The van der Waals surface area contributed by atoms with E-state index in [4.69, 9.17) is 9.97 Å². The molecule has 0 amide bonds. The summed E-state index contributed by atoms with van der Waals surface area (Å²) in [6, 6.07) is 8.47. The van der Waals surface area contributed by atoms with Crippen LogP contribution in [0.3, 0.4) is 0 Å². The maximum atomic E-state index is 14.2. The third-order valence-corrected chi connectivity index (χ3v) is 14.2. The molecule has 0 fully saturated rings. The fourth-order valence-electron chi connectivity index (χ4n) is 8.10. The summed E-state index contributed by atoms with van der Waals surface area (Å²) in [4.78, 5) is 42.9. The first-order chi connectivity index (χ1) is 26.1. The van der Waals surface area contributed by atoms with E-state index < -0.39 is 0 Å². The second kappa shape index (κ2) is 16.7. The number of fused-ring (bicyclic) bond motifs is 8. The van der Waals surface area contributed by atoms with Crippen LogP contribution in [0.1, 0.15) is 113 Å². The van der Waals surface area contributed by atoms with Crippen LogP contribution in [0.4, 0.5) is 0 Å². The van der Waals surface area contributed by atoms with Crippen LogP contribution >= 0.6 is 34.0 Å². The summed E-state index contributed by atoms with van der Waals surface area (Å²) in [6.07, 6.45) is 19.9. The van der Waals surface area contributed by atoms with Crippen LogP contribution in [-0.2, 0) is 12.8 Å². The Morgan fingerprint density at radius 1 is 0.547 bits per heavy atom. The van der Waals surface area contributed by atoms with Crippen LogP contribution in [0.2, 0.25) is 0 Å². The number of imidazole rings is 2. The van der Waals surface area contributed by atoms with Gasteiger partial charge in [-0.2, -0.15) is 0 Å². The normalized spacial score (nSPS) is 12.6. The second-order valence-corrected chi connectivity index (χ2v) is 18.1. The molecule has 7 aromatic heterocycles. The number of hydrogen-bond donors (Lipinski definition) is 2. The van der Waals surface area contributed by atoms with Gasteiger partial charge in [0.25, 0.3) is 11.1 Å². The van der Waals surface area contributed by atoms with Crippen molar-refractivity contribution in [1.29, 1.82) is 0 Å². The Hall–Kier alpha value is -3.22. The quantitative estimate of drug-likeness (QED) is 0.0527. The minimum absolute atomic E-state index is 0.0845. The van der Waals surface area contributed by atoms with Gasteiger partial charge in [-0.05, 0) is 89.0 Å². The molecule has 8 rings (SSSR count). The lowest BCUT2D eigenvalue weighted by Gasteiger charge is -2.05. The number of rotatable bonds is 22. The number of pyridine rings is 2. The highest BCUT2D eigenvalue weighted by Gasteiger charge is 2.26. The smallest absolute Gasteiger partial charge is 0.274 e. The van der Waals surface area contributed by atoms with Crippen molar-refractivity contribution in [3.8, 4) is 0 Å². The van der Waals surface area contributed by atoms with E-state index in [1.807, 2.05) is 0 Å². The van der Waals surface area contributed by atoms with Crippen LogP contribution in [0.15, 0.2) is 33.9 Å². The lowest BCUT2D eigenvalue weighted by atomic mass is 10.0. The third-order valence-electron chi connectivity index (χ3n) is 10.9. The third kappa shape index (κ3) is 7.20. The Morgan fingerprint density at radius 2 is 0.962 bits per heavy atom. The molecule has 0 spiro atoms. The molecule has 0 radical (unpaired) electrons. The topological polar surface area (TPSA) is 92.8 Å². The number of benzene rings is 1. The molecule has 280 valence electrons. The van der Waals surface area contributed by atoms with Crippen LogP contribution in [0, 0.1) is 0 Å². The van der Waals surface area contributed by atoms with E-state index in [9.17, 15) is 9.59 Å². The average molecular weight is 769 g/mol. The summed E-state index contributed by atoms with van der Waals surface area (Å²) in [6.45, 7) is 8.70. The molecule has 2 N–H and O–H groups in total. The van der Waals surface area contributed by atoms with Crippen LogP contribution in [0.5, 0.6) is 0 Å². The van der Waals surface area contributed by atoms with Gasteiger partial charge in [0, 0.05) is 31.3 Å². The Balaban J connectivity index is 0.994. The summed E-state index contributed by atoms with van der Waals surface area (Å²) < 4.78 is 4.83. The summed E-state index contributed by atoms with van der Waals surface area (Å²) in [7, 11) is 0. The van der Waals surface area contributed by atoms with Gasteiger partial charge in [0.15, 0.2) is 0 Å². The molecule has 0 aliphatic carbocycles. The number of thiophene rings is 3. The molecule has 11 heteroatoms. The van der Waals surface area contributed by atoms with Gasteiger partial charge in [0.2, 0.25) is 0 Å². The molecular weight excluding hydrogens is 717 g/mol. The van der Waals surface area contributed by atoms with Crippen LogP contribution < -0.4 is 21.8 Å². The molecule has 8 nitrogen and oxygen atoms in total. The Bertz CT molecular complexity index is 2400. The first-order valence-electron chi connectivity index (χ1n) is 20.2. The monoisotopic (exact) mass is 768 g/mol. The molecule has 53 heavy (non-hydrogen) atoms. The molecule has 7 heterocycles. The molecule has 0 bridgehead atoms. The molecule has 1 aromatic carbocycles. The average Bonchev–Trinajstić information content (AvgIpc) is 3.97. The molecule has 0 aliphatic rings. The van der Waals surface area contributed by atoms with Crippen molar-refractivity contribution < 1.29 is 0 Å². The maximum Gasteiger partial charge on any atom is 0.274 e. The Kier molecular flexibility index (Phi) is 11.5. The summed E-state index contributed by atoms with van der Waals surface area (Å²) in [5, 5.41) is 10.8. The molecule has 0 aliphatic heterocycles. The number of unbranched alkanes of at least 4 members (excludes halogenated alkanes) is 10. The lowest BCUT2D eigenvalue weighted by molar-refractivity contribution is 0.565. The number of hydrogen-bond acceptors (Lipinski definition) is 9. The van der Waals surface area contributed by atoms with Crippen LogP contribution in [0.25, 0.3) is 62.9 Å². The highest BCUT2D eigenvalue weighted by molar-refractivity contribution is 7.26.